The number of nitrogens with zero attached hydrogens (tertiary/aromatic N) is 1. The second kappa shape index (κ2) is 3.94. The molecule has 0 spiro atoms. The fraction of sp³-hybridized carbons (Fsp3) is 0. The van der Waals surface area contributed by atoms with Crippen LogP contribution in [0.15, 0.2) is 42.7 Å². The number of para-hydroxylation sites is 1. The zero-order valence-corrected chi connectivity index (χ0v) is 9.37. The van der Waals surface area contributed by atoms with E-state index >= 15 is 0 Å². The van der Waals surface area contributed by atoms with E-state index in [0.29, 0.717) is 0 Å². The summed E-state index contributed by atoms with van der Waals surface area (Å²) in [5, 5.41) is 1.25. The monoisotopic (exact) mass is 226 g/mol. The number of hydrogen-bond acceptors (Lipinski definition) is 2. The van der Waals surface area contributed by atoms with Gasteiger partial charge in [-0.25, -0.2) is 4.37 Å². The lowest BCUT2D eigenvalue weighted by Gasteiger charge is -1.90. The molecule has 0 atom stereocenters. The van der Waals surface area contributed by atoms with Crippen LogP contribution < -0.4 is 0 Å². The molecule has 0 fully saturated rings. The van der Waals surface area contributed by atoms with Gasteiger partial charge in [-0.05, 0) is 35.3 Å². The SMILES string of the molecule is C(=C\c1c[nH]c2ccccc12)/c1ccns1. The molecule has 3 aromatic rings. The molecule has 0 saturated heterocycles. The van der Waals surface area contributed by atoms with E-state index in [2.05, 4.69) is 39.7 Å². The van der Waals surface area contributed by atoms with Gasteiger partial charge in [0.25, 0.3) is 0 Å². The molecular weight excluding hydrogens is 216 g/mol. The standard InChI is InChI=1S/C13H10N2S/c1-2-4-13-12(3-1)10(9-14-13)5-6-11-7-8-15-16-11/h1-9,14H/b6-5+. The minimum atomic E-state index is 1.17. The first-order valence-electron chi connectivity index (χ1n) is 5.08. The molecule has 0 saturated carbocycles. The topological polar surface area (TPSA) is 28.7 Å². The van der Waals surface area contributed by atoms with E-state index in [1.165, 1.54) is 32.9 Å². The van der Waals surface area contributed by atoms with Crippen molar-refractivity contribution in [2.24, 2.45) is 0 Å². The van der Waals surface area contributed by atoms with Gasteiger partial charge in [-0.1, -0.05) is 24.3 Å². The van der Waals surface area contributed by atoms with Gasteiger partial charge in [0.05, 0.1) is 0 Å². The highest BCUT2D eigenvalue weighted by atomic mass is 32.1. The lowest BCUT2D eigenvalue weighted by molar-refractivity contribution is 1.47. The zero-order chi connectivity index (χ0) is 10.8. The molecule has 3 heteroatoms. The molecule has 16 heavy (non-hydrogen) atoms. The third kappa shape index (κ3) is 1.66. The van der Waals surface area contributed by atoms with Crippen LogP contribution >= 0.6 is 11.5 Å². The molecule has 2 nitrogen and oxygen atoms in total. The Kier molecular flexibility index (Phi) is 2.31. The maximum absolute atomic E-state index is 4.07. The van der Waals surface area contributed by atoms with Gasteiger partial charge in [0, 0.05) is 28.2 Å². The van der Waals surface area contributed by atoms with E-state index in [0.717, 1.165) is 0 Å². The summed E-state index contributed by atoms with van der Waals surface area (Å²) in [6.07, 6.45) is 8.06. The summed E-state index contributed by atoms with van der Waals surface area (Å²) in [5.41, 5.74) is 2.38. The van der Waals surface area contributed by atoms with Gasteiger partial charge in [0.2, 0.25) is 0 Å². The van der Waals surface area contributed by atoms with Crippen molar-refractivity contribution in [3.63, 3.8) is 0 Å². The van der Waals surface area contributed by atoms with Gasteiger partial charge in [0.15, 0.2) is 0 Å². The Hall–Kier alpha value is -1.87. The van der Waals surface area contributed by atoms with E-state index in [4.69, 9.17) is 0 Å². The second-order valence-corrected chi connectivity index (χ2v) is 4.40. The summed E-state index contributed by atoms with van der Waals surface area (Å²) in [7, 11) is 0. The quantitative estimate of drug-likeness (QED) is 0.707. The summed E-state index contributed by atoms with van der Waals surface area (Å²) < 4.78 is 4.07. The maximum Gasteiger partial charge on any atom is 0.0477 e. The first kappa shape index (κ1) is 9.36. The molecule has 2 aromatic heterocycles. The highest BCUT2D eigenvalue weighted by Crippen LogP contribution is 2.20. The van der Waals surface area contributed by atoms with Crippen molar-refractivity contribution in [3.05, 3.63) is 53.2 Å². The van der Waals surface area contributed by atoms with Crippen molar-refractivity contribution in [2.75, 3.05) is 0 Å². The number of aromatic amines is 1. The molecule has 2 heterocycles. The largest absolute Gasteiger partial charge is 0.361 e. The van der Waals surface area contributed by atoms with Gasteiger partial charge >= 0.3 is 0 Å². The number of rotatable bonds is 2. The summed E-state index contributed by atoms with van der Waals surface area (Å²) in [6.45, 7) is 0. The van der Waals surface area contributed by atoms with Crippen LogP contribution in [0.5, 0.6) is 0 Å². The molecule has 0 aliphatic rings. The molecular formula is C13H10N2S. The first-order valence-corrected chi connectivity index (χ1v) is 5.86. The predicted octanol–water partition coefficient (Wildman–Crippen LogP) is 3.79. The number of benzene rings is 1. The predicted molar refractivity (Wildman–Crippen MR) is 69.3 cm³/mol. The normalized spacial score (nSPS) is 11.5. The van der Waals surface area contributed by atoms with Crippen molar-refractivity contribution < 1.29 is 0 Å². The average Bonchev–Trinajstić information content (AvgIpc) is 2.96. The van der Waals surface area contributed by atoms with Crippen LogP contribution in [0.4, 0.5) is 0 Å². The molecule has 0 unspecified atom stereocenters. The van der Waals surface area contributed by atoms with E-state index in [9.17, 15) is 0 Å². The Bertz CT molecular complexity index is 620. The van der Waals surface area contributed by atoms with Gasteiger partial charge in [-0.3, -0.25) is 0 Å². The Balaban J connectivity index is 2.01. The van der Waals surface area contributed by atoms with Crippen LogP contribution in [0.1, 0.15) is 10.4 Å². The smallest absolute Gasteiger partial charge is 0.0477 e. The van der Waals surface area contributed by atoms with E-state index < -0.39 is 0 Å². The number of fused-ring (bicyclic) bond motifs is 1. The molecule has 0 amide bonds. The van der Waals surface area contributed by atoms with Crippen LogP contribution in [0.25, 0.3) is 23.1 Å². The molecule has 1 N–H and O–H groups in total. The van der Waals surface area contributed by atoms with Gasteiger partial charge < -0.3 is 4.98 Å². The lowest BCUT2D eigenvalue weighted by atomic mass is 10.1. The molecule has 0 aliphatic heterocycles. The van der Waals surface area contributed by atoms with E-state index in [-0.39, 0.29) is 0 Å². The van der Waals surface area contributed by atoms with Gasteiger partial charge in [-0.15, -0.1) is 0 Å². The lowest BCUT2D eigenvalue weighted by Crippen LogP contribution is -1.67. The third-order valence-electron chi connectivity index (χ3n) is 2.51. The Morgan fingerprint density at radius 1 is 1.12 bits per heavy atom. The minimum Gasteiger partial charge on any atom is -0.361 e. The van der Waals surface area contributed by atoms with Crippen LogP contribution in [0, 0.1) is 0 Å². The van der Waals surface area contributed by atoms with Gasteiger partial charge in [-0.2, -0.15) is 0 Å². The fourth-order valence-corrected chi connectivity index (χ4v) is 2.21. The summed E-state index contributed by atoms with van der Waals surface area (Å²) in [4.78, 5) is 4.43. The number of nitrogens with one attached hydrogen (secondary N) is 1. The van der Waals surface area contributed by atoms with Crippen LogP contribution in [0.3, 0.4) is 0 Å². The highest BCUT2D eigenvalue weighted by Gasteiger charge is 1.98. The Labute approximate surface area is 97.4 Å². The first-order chi connectivity index (χ1) is 7.93. The summed E-state index contributed by atoms with van der Waals surface area (Å²) in [5.74, 6) is 0. The summed E-state index contributed by atoms with van der Waals surface area (Å²) >= 11 is 1.50. The number of H-pyrrole nitrogens is 1. The zero-order valence-electron chi connectivity index (χ0n) is 8.55. The van der Waals surface area contributed by atoms with Crippen molar-refractivity contribution >= 4 is 34.6 Å². The molecule has 1 aromatic carbocycles. The minimum absolute atomic E-state index is 1.17. The molecule has 78 valence electrons. The average molecular weight is 226 g/mol. The van der Waals surface area contributed by atoms with Crippen molar-refractivity contribution in [2.45, 2.75) is 0 Å². The summed E-state index contributed by atoms with van der Waals surface area (Å²) in [6, 6.07) is 10.3. The molecule has 3 rings (SSSR count). The highest BCUT2D eigenvalue weighted by molar-refractivity contribution is 7.06. The molecule has 0 bridgehead atoms. The van der Waals surface area contributed by atoms with E-state index in [1.54, 1.807) is 0 Å². The van der Waals surface area contributed by atoms with Gasteiger partial charge in [0.1, 0.15) is 0 Å². The molecule has 0 radical (unpaired) electrons. The molecule has 0 aliphatic carbocycles. The fourth-order valence-electron chi connectivity index (χ4n) is 1.72. The van der Waals surface area contributed by atoms with Crippen molar-refractivity contribution in [1.29, 1.82) is 0 Å². The van der Waals surface area contributed by atoms with Crippen LogP contribution in [0.2, 0.25) is 0 Å². The van der Waals surface area contributed by atoms with Crippen LogP contribution in [-0.2, 0) is 0 Å². The Morgan fingerprint density at radius 3 is 2.94 bits per heavy atom. The second-order valence-electron chi connectivity index (χ2n) is 3.54. The Morgan fingerprint density at radius 2 is 2.06 bits per heavy atom. The third-order valence-corrected chi connectivity index (χ3v) is 3.22. The van der Waals surface area contributed by atoms with Crippen LogP contribution in [-0.4, -0.2) is 9.36 Å². The van der Waals surface area contributed by atoms with Crippen molar-refractivity contribution in [1.82, 2.24) is 9.36 Å². The maximum atomic E-state index is 4.07. The van der Waals surface area contributed by atoms with Crippen molar-refractivity contribution in [3.8, 4) is 0 Å². The number of hydrogen-bond donors (Lipinski definition) is 1. The van der Waals surface area contributed by atoms with E-state index in [1.807, 2.05) is 24.5 Å². The number of aromatic nitrogens is 2.